The first-order valence-corrected chi connectivity index (χ1v) is 15.6. The van der Waals surface area contributed by atoms with E-state index < -0.39 is 13.7 Å². The first-order valence-electron chi connectivity index (χ1n) is 17.8. The monoisotopic (exact) mass is 808 g/mol. The van der Waals surface area contributed by atoms with Crippen LogP contribution in [0.25, 0.3) is 49.5 Å². The van der Waals surface area contributed by atoms with Crippen molar-refractivity contribution in [2.24, 2.45) is 0 Å². The number of fused-ring (bicyclic) bond motifs is 2. The number of nitrogens with zero attached hydrogens (tertiary/aromatic N) is 3. The van der Waals surface area contributed by atoms with Crippen LogP contribution in [0.4, 0.5) is 4.39 Å². The number of halogens is 1. The van der Waals surface area contributed by atoms with Gasteiger partial charge in [-0.05, 0) is 59.3 Å². The molecule has 235 valence electrons. The summed E-state index contributed by atoms with van der Waals surface area (Å²) in [5.41, 5.74) is 8.12. The molecule has 0 N–H and O–H groups in total. The van der Waals surface area contributed by atoms with Crippen molar-refractivity contribution in [2.45, 2.75) is 53.2 Å². The molecule has 0 aliphatic carbocycles. The van der Waals surface area contributed by atoms with E-state index in [1.54, 1.807) is 18.2 Å². The van der Waals surface area contributed by atoms with E-state index in [0.29, 0.717) is 23.1 Å². The molecule has 7 rings (SSSR count). The zero-order valence-corrected chi connectivity index (χ0v) is 29.1. The predicted octanol–water partition coefficient (Wildman–Crippen LogP) is 11.3. The number of benzene rings is 4. The van der Waals surface area contributed by atoms with Crippen LogP contribution in [-0.4, -0.2) is 14.5 Å². The van der Waals surface area contributed by atoms with Crippen LogP contribution in [0.5, 0.6) is 0 Å². The SMILES string of the molecule is CC(C)c1cccc(C(C)C)c1-n1c(-c2[c-]sc3ccc(F)cc23)nc2ccccc21.[2H]C([2H])([2H])c1c[c-]c(-c2ccc(C([2H])([2H])[2H])cn2)cc1.[Ir]. The minimum Gasteiger partial charge on any atom is -0.333 e. The summed E-state index contributed by atoms with van der Waals surface area (Å²) >= 11 is 1.51. The molecular formula is C40H36FIrN3S-2. The smallest absolute Gasteiger partial charge is 0.113 e. The Morgan fingerprint density at radius 1 is 0.848 bits per heavy atom. The van der Waals surface area contributed by atoms with E-state index in [-0.39, 0.29) is 37.0 Å². The molecule has 0 saturated carbocycles. The fourth-order valence-electron chi connectivity index (χ4n) is 5.44. The zero-order chi connectivity index (χ0) is 36.7. The molecule has 0 amide bonds. The van der Waals surface area contributed by atoms with E-state index in [2.05, 4.69) is 73.0 Å². The second kappa shape index (κ2) is 14.2. The van der Waals surface area contributed by atoms with Crippen molar-refractivity contribution in [1.82, 2.24) is 14.5 Å². The van der Waals surface area contributed by atoms with Gasteiger partial charge in [-0.3, -0.25) is 16.3 Å². The topological polar surface area (TPSA) is 30.7 Å². The van der Waals surface area contributed by atoms with Gasteiger partial charge in [0, 0.05) is 40.2 Å². The fraction of sp³-hybridized carbons (Fsp3) is 0.200. The van der Waals surface area contributed by atoms with Crippen LogP contribution in [-0.2, 0) is 20.1 Å². The molecule has 6 heteroatoms. The van der Waals surface area contributed by atoms with E-state index >= 15 is 0 Å². The van der Waals surface area contributed by atoms with Crippen molar-refractivity contribution >= 4 is 32.5 Å². The molecule has 7 aromatic rings. The van der Waals surface area contributed by atoms with Crippen LogP contribution in [0, 0.1) is 31.0 Å². The first kappa shape index (κ1) is 26.1. The standard InChI is InChI=1S/C27H24FN2S.C13H12N.Ir/c1-16(2)19-8-7-9-20(17(3)4)26(19)30-24-11-6-5-10-23(24)29-27(30)22-15-31-25-13-12-18(28)14-21(22)25;1-10-3-6-12(7-4-10)13-8-5-11(2)9-14-13;/h5-14,16-17H,1-4H3;3-6,8-9H,1-2H3;/q2*-1;/i;1D3,2D3;. The Bertz CT molecular complexity index is 2230. The van der Waals surface area contributed by atoms with Gasteiger partial charge in [0.25, 0.3) is 0 Å². The van der Waals surface area contributed by atoms with Crippen molar-refractivity contribution in [1.29, 1.82) is 0 Å². The van der Waals surface area contributed by atoms with E-state index in [1.807, 2.05) is 24.3 Å². The van der Waals surface area contributed by atoms with Gasteiger partial charge < -0.3 is 9.55 Å². The number of rotatable bonds is 5. The number of hydrogen-bond donors (Lipinski definition) is 0. The molecule has 46 heavy (non-hydrogen) atoms. The summed E-state index contributed by atoms with van der Waals surface area (Å²) in [5.74, 6) is 1.27. The third kappa shape index (κ3) is 6.76. The Morgan fingerprint density at radius 2 is 1.59 bits per heavy atom. The van der Waals surface area contributed by atoms with E-state index in [0.717, 1.165) is 32.5 Å². The molecule has 0 aliphatic rings. The largest absolute Gasteiger partial charge is 0.333 e. The number of para-hydroxylation sites is 3. The van der Waals surface area contributed by atoms with Crippen molar-refractivity contribution in [3.05, 3.63) is 137 Å². The number of aromatic nitrogens is 3. The normalized spacial score (nSPS) is 13.6. The maximum absolute atomic E-state index is 14.1. The molecule has 0 atom stereocenters. The van der Waals surface area contributed by atoms with Gasteiger partial charge in [0.1, 0.15) is 5.82 Å². The van der Waals surface area contributed by atoms with Gasteiger partial charge in [-0.1, -0.05) is 105 Å². The number of pyridine rings is 1. The Hall–Kier alpha value is -3.96. The van der Waals surface area contributed by atoms with Crippen LogP contribution < -0.4 is 0 Å². The average Bonchev–Trinajstić information content (AvgIpc) is 3.68. The van der Waals surface area contributed by atoms with E-state index in [9.17, 15) is 4.39 Å². The Labute approximate surface area is 297 Å². The van der Waals surface area contributed by atoms with Crippen LogP contribution >= 0.6 is 11.3 Å². The minimum absolute atomic E-state index is 0. The predicted molar refractivity (Wildman–Crippen MR) is 187 cm³/mol. The van der Waals surface area contributed by atoms with Gasteiger partial charge >= 0.3 is 0 Å². The second-order valence-corrected chi connectivity index (χ2v) is 12.3. The second-order valence-electron chi connectivity index (χ2n) is 11.5. The summed E-state index contributed by atoms with van der Waals surface area (Å²) in [6.45, 7) is 4.56. The molecule has 1 radical (unpaired) electrons. The summed E-state index contributed by atoms with van der Waals surface area (Å²) in [7, 11) is 0. The number of aryl methyl sites for hydroxylation is 2. The van der Waals surface area contributed by atoms with Gasteiger partial charge in [0.05, 0.1) is 16.9 Å². The van der Waals surface area contributed by atoms with Crippen LogP contribution in [0.15, 0.2) is 97.2 Å². The Kier molecular flexibility index (Phi) is 8.08. The van der Waals surface area contributed by atoms with Gasteiger partial charge in [0.15, 0.2) is 0 Å². The molecule has 0 fully saturated rings. The Morgan fingerprint density at radius 3 is 2.24 bits per heavy atom. The molecule has 3 aromatic heterocycles. The fourth-order valence-corrected chi connectivity index (χ4v) is 6.26. The van der Waals surface area contributed by atoms with Crippen molar-refractivity contribution in [2.75, 3.05) is 0 Å². The zero-order valence-electron chi connectivity index (χ0n) is 31.9. The molecule has 4 aromatic carbocycles. The van der Waals surface area contributed by atoms with Gasteiger partial charge in [-0.25, -0.2) is 4.39 Å². The number of imidazole rings is 1. The van der Waals surface area contributed by atoms with Gasteiger partial charge in [0.2, 0.25) is 0 Å². The maximum Gasteiger partial charge on any atom is 0.113 e. The van der Waals surface area contributed by atoms with Crippen molar-refractivity contribution < 1.29 is 32.7 Å². The molecule has 0 aliphatic heterocycles. The van der Waals surface area contributed by atoms with Gasteiger partial charge in [-0.2, -0.15) is 0 Å². The molecule has 0 saturated heterocycles. The van der Waals surface area contributed by atoms with E-state index in [1.165, 1.54) is 58.6 Å². The number of hydrogen-bond acceptors (Lipinski definition) is 3. The van der Waals surface area contributed by atoms with Crippen LogP contribution in [0.3, 0.4) is 0 Å². The average molecular weight is 808 g/mol. The summed E-state index contributed by atoms with van der Waals surface area (Å²) in [6.07, 6.45) is 1.30. The quantitative estimate of drug-likeness (QED) is 0.162. The molecule has 0 bridgehead atoms. The van der Waals surface area contributed by atoms with Crippen molar-refractivity contribution in [3.63, 3.8) is 0 Å². The molecule has 0 spiro atoms. The summed E-state index contributed by atoms with van der Waals surface area (Å²) in [4.78, 5) is 9.10. The molecule has 0 unspecified atom stereocenters. The summed E-state index contributed by atoms with van der Waals surface area (Å²) < 4.78 is 61.1. The summed E-state index contributed by atoms with van der Waals surface area (Å²) in [5, 5.41) is 4.27. The minimum atomic E-state index is -2.18. The first-order chi connectivity index (χ1) is 24.1. The third-order valence-electron chi connectivity index (χ3n) is 7.68. The van der Waals surface area contributed by atoms with Gasteiger partial charge in [-0.15, -0.1) is 40.8 Å². The Balaban J connectivity index is 0.000000217. The van der Waals surface area contributed by atoms with Crippen LogP contribution in [0.1, 0.15) is 70.0 Å². The molecule has 3 heterocycles. The third-order valence-corrected chi connectivity index (χ3v) is 8.56. The maximum atomic E-state index is 14.1. The van der Waals surface area contributed by atoms with Crippen LogP contribution in [0.2, 0.25) is 0 Å². The van der Waals surface area contributed by atoms with Crippen molar-refractivity contribution in [3.8, 4) is 28.3 Å². The molecule has 3 nitrogen and oxygen atoms in total. The van der Waals surface area contributed by atoms with E-state index in [4.69, 9.17) is 13.2 Å². The molecular weight excluding hydrogens is 766 g/mol. The number of thiophene rings is 1. The summed E-state index contributed by atoms with van der Waals surface area (Å²) in [6, 6.07) is 30.1.